The number of rotatable bonds is 5. The highest BCUT2D eigenvalue weighted by molar-refractivity contribution is 5.94. The molecule has 1 atom stereocenters. The Hall–Kier alpha value is -1.59. The molecule has 3 rings (SSSR count). The average Bonchev–Trinajstić information content (AvgIpc) is 2.95. The van der Waals surface area contributed by atoms with Gasteiger partial charge in [-0.2, -0.15) is 0 Å². The second-order valence-electron chi connectivity index (χ2n) is 5.92. The standard InChI is InChI=1S/C16H24N4O/c17-16(18)13-3-5-15(6-4-13)21-11-10-19-8-9-20-7-1-2-14(20)12-19/h3-6,14H,1-2,7-12H2,(H3,17,18). The number of benzene rings is 1. The van der Waals surface area contributed by atoms with Gasteiger partial charge in [0.25, 0.3) is 0 Å². The Bertz CT molecular complexity index is 488. The third-order valence-electron chi connectivity index (χ3n) is 4.51. The van der Waals surface area contributed by atoms with E-state index in [1.165, 1.54) is 32.5 Å². The zero-order valence-corrected chi connectivity index (χ0v) is 12.4. The topological polar surface area (TPSA) is 65.6 Å². The van der Waals surface area contributed by atoms with Crippen molar-refractivity contribution in [1.82, 2.24) is 9.80 Å². The Kier molecular flexibility index (Phi) is 4.41. The molecule has 3 N–H and O–H groups in total. The van der Waals surface area contributed by atoms with E-state index in [9.17, 15) is 0 Å². The highest BCUT2D eigenvalue weighted by atomic mass is 16.5. The third kappa shape index (κ3) is 3.54. The van der Waals surface area contributed by atoms with Crippen LogP contribution < -0.4 is 10.5 Å². The van der Waals surface area contributed by atoms with E-state index in [0.29, 0.717) is 6.61 Å². The van der Waals surface area contributed by atoms with Crippen molar-refractivity contribution in [2.24, 2.45) is 5.73 Å². The van der Waals surface area contributed by atoms with Crippen LogP contribution in [-0.4, -0.2) is 61.0 Å². The number of nitrogens with one attached hydrogen (secondary N) is 1. The lowest BCUT2D eigenvalue weighted by atomic mass is 10.1. The van der Waals surface area contributed by atoms with Gasteiger partial charge in [0.15, 0.2) is 0 Å². The van der Waals surface area contributed by atoms with E-state index in [-0.39, 0.29) is 5.84 Å². The van der Waals surface area contributed by atoms with Crippen molar-refractivity contribution in [2.45, 2.75) is 18.9 Å². The van der Waals surface area contributed by atoms with Gasteiger partial charge < -0.3 is 10.5 Å². The summed E-state index contributed by atoms with van der Waals surface area (Å²) in [5.41, 5.74) is 6.17. The molecule has 0 bridgehead atoms. The molecular formula is C16H24N4O. The number of hydrogen-bond donors (Lipinski definition) is 2. The van der Waals surface area contributed by atoms with Crippen LogP contribution in [0.5, 0.6) is 5.75 Å². The normalized spacial score (nSPS) is 23.0. The maximum absolute atomic E-state index is 7.36. The molecule has 5 nitrogen and oxygen atoms in total. The lowest BCUT2D eigenvalue weighted by molar-refractivity contribution is 0.0923. The van der Waals surface area contributed by atoms with Crippen molar-refractivity contribution < 1.29 is 4.74 Å². The van der Waals surface area contributed by atoms with Crippen molar-refractivity contribution in [2.75, 3.05) is 39.3 Å². The van der Waals surface area contributed by atoms with E-state index in [4.69, 9.17) is 15.9 Å². The molecule has 0 spiro atoms. The minimum Gasteiger partial charge on any atom is -0.492 e. The number of amidine groups is 1. The minimum atomic E-state index is 0.0935. The first-order valence-corrected chi connectivity index (χ1v) is 7.76. The van der Waals surface area contributed by atoms with Gasteiger partial charge >= 0.3 is 0 Å². The highest BCUT2D eigenvalue weighted by Crippen LogP contribution is 2.21. The first kappa shape index (κ1) is 14.4. The predicted octanol–water partition coefficient (Wildman–Crippen LogP) is 1.13. The zero-order chi connectivity index (χ0) is 14.7. The molecule has 0 radical (unpaired) electrons. The van der Waals surface area contributed by atoms with E-state index in [1.807, 2.05) is 24.3 Å². The molecule has 2 fully saturated rings. The number of nitrogens with zero attached hydrogens (tertiary/aromatic N) is 2. The van der Waals surface area contributed by atoms with E-state index in [0.717, 1.165) is 30.4 Å². The van der Waals surface area contributed by atoms with Crippen molar-refractivity contribution in [3.8, 4) is 5.75 Å². The molecule has 1 aromatic rings. The van der Waals surface area contributed by atoms with Gasteiger partial charge in [-0.3, -0.25) is 15.2 Å². The summed E-state index contributed by atoms with van der Waals surface area (Å²) >= 11 is 0. The molecule has 1 unspecified atom stereocenters. The predicted molar refractivity (Wildman–Crippen MR) is 84.0 cm³/mol. The quantitative estimate of drug-likeness (QED) is 0.630. The van der Waals surface area contributed by atoms with Crippen molar-refractivity contribution in [1.29, 1.82) is 5.41 Å². The van der Waals surface area contributed by atoms with Gasteiger partial charge in [-0.25, -0.2) is 0 Å². The Morgan fingerprint density at radius 2 is 2.05 bits per heavy atom. The summed E-state index contributed by atoms with van der Waals surface area (Å²) in [7, 11) is 0. The molecule has 2 heterocycles. The van der Waals surface area contributed by atoms with Crippen molar-refractivity contribution in [3.63, 3.8) is 0 Å². The molecule has 1 aromatic carbocycles. The maximum Gasteiger partial charge on any atom is 0.122 e. The first-order chi connectivity index (χ1) is 10.2. The van der Waals surface area contributed by atoms with Crippen LogP contribution in [0, 0.1) is 5.41 Å². The molecule has 0 aliphatic carbocycles. The number of fused-ring (bicyclic) bond motifs is 1. The fourth-order valence-electron chi connectivity index (χ4n) is 3.28. The third-order valence-corrected chi connectivity index (χ3v) is 4.51. The maximum atomic E-state index is 7.36. The van der Waals surface area contributed by atoms with Gasteiger partial charge in [0.2, 0.25) is 0 Å². The van der Waals surface area contributed by atoms with Crippen LogP contribution in [0.1, 0.15) is 18.4 Å². The molecule has 0 amide bonds. The highest BCUT2D eigenvalue weighted by Gasteiger charge is 2.30. The summed E-state index contributed by atoms with van der Waals surface area (Å²) in [6.07, 6.45) is 2.71. The van der Waals surface area contributed by atoms with Gasteiger partial charge in [0, 0.05) is 37.8 Å². The number of ether oxygens (including phenoxy) is 1. The fraction of sp³-hybridized carbons (Fsp3) is 0.562. The van der Waals surface area contributed by atoms with E-state index >= 15 is 0 Å². The smallest absolute Gasteiger partial charge is 0.122 e. The number of nitrogen functional groups attached to an aromatic ring is 1. The van der Waals surface area contributed by atoms with Gasteiger partial charge in [0.05, 0.1) is 0 Å². The summed E-state index contributed by atoms with van der Waals surface area (Å²) in [4.78, 5) is 5.13. The summed E-state index contributed by atoms with van der Waals surface area (Å²) in [5.74, 6) is 0.940. The lowest BCUT2D eigenvalue weighted by Crippen LogP contribution is -2.50. The van der Waals surface area contributed by atoms with Crippen LogP contribution in [0.2, 0.25) is 0 Å². The van der Waals surface area contributed by atoms with Crippen LogP contribution in [0.4, 0.5) is 0 Å². The number of hydrogen-bond acceptors (Lipinski definition) is 4. The molecule has 0 saturated carbocycles. The second kappa shape index (κ2) is 6.45. The SMILES string of the molecule is N=C(N)c1ccc(OCCN2CCN3CCCC3C2)cc1. The van der Waals surface area contributed by atoms with Crippen LogP contribution in [0.15, 0.2) is 24.3 Å². The van der Waals surface area contributed by atoms with Gasteiger partial charge in [0.1, 0.15) is 18.2 Å². The second-order valence-corrected chi connectivity index (χ2v) is 5.92. The summed E-state index contributed by atoms with van der Waals surface area (Å²) < 4.78 is 5.79. The van der Waals surface area contributed by atoms with Crippen LogP contribution in [0.25, 0.3) is 0 Å². The molecule has 2 aliphatic rings. The molecule has 0 aromatic heterocycles. The Balaban J connectivity index is 1.42. The zero-order valence-electron chi connectivity index (χ0n) is 12.4. The van der Waals surface area contributed by atoms with Gasteiger partial charge in [-0.05, 0) is 43.7 Å². The Labute approximate surface area is 126 Å². The lowest BCUT2D eigenvalue weighted by Gasteiger charge is -2.37. The van der Waals surface area contributed by atoms with E-state index in [2.05, 4.69) is 9.80 Å². The van der Waals surface area contributed by atoms with E-state index < -0.39 is 0 Å². The van der Waals surface area contributed by atoms with Gasteiger partial charge in [-0.15, -0.1) is 0 Å². The minimum absolute atomic E-state index is 0.0935. The van der Waals surface area contributed by atoms with E-state index in [1.54, 1.807) is 0 Å². The summed E-state index contributed by atoms with van der Waals surface area (Å²) in [5, 5.41) is 7.36. The summed E-state index contributed by atoms with van der Waals surface area (Å²) in [6, 6.07) is 8.19. The largest absolute Gasteiger partial charge is 0.492 e. The monoisotopic (exact) mass is 288 g/mol. The van der Waals surface area contributed by atoms with Crippen LogP contribution in [0.3, 0.4) is 0 Å². The molecule has 5 heteroatoms. The number of nitrogens with two attached hydrogens (primary N) is 1. The van der Waals surface area contributed by atoms with Crippen molar-refractivity contribution >= 4 is 5.84 Å². The van der Waals surface area contributed by atoms with Crippen LogP contribution in [-0.2, 0) is 0 Å². The van der Waals surface area contributed by atoms with Crippen LogP contribution >= 0.6 is 0 Å². The molecule has 2 saturated heterocycles. The first-order valence-electron chi connectivity index (χ1n) is 7.76. The molecule has 21 heavy (non-hydrogen) atoms. The fourth-order valence-corrected chi connectivity index (χ4v) is 3.28. The molecular weight excluding hydrogens is 264 g/mol. The van der Waals surface area contributed by atoms with Crippen molar-refractivity contribution in [3.05, 3.63) is 29.8 Å². The van der Waals surface area contributed by atoms with Gasteiger partial charge in [-0.1, -0.05) is 0 Å². The summed E-state index contributed by atoms with van der Waals surface area (Å²) in [6.45, 7) is 6.54. The molecule has 2 aliphatic heterocycles. The number of piperazine rings is 1. The average molecular weight is 288 g/mol. The molecule has 114 valence electrons. The Morgan fingerprint density at radius 3 is 2.81 bits per heavy atom. The Morgan fingerprint density at radius 1 is 1.24 bits per heavy atom.